The van der Waals surface area contributed by atoms with Crippen LogP contribution in [0.4, 0.5) is 0 Å². The molecule has 0 aliphatic rings. The van der Waals surface area contributed by atoms with E-state index < -0.39 is 0 Å². The van der Waals surface area contributed by atoms with E-state index in [1.54, 1.807) is 12.1 Å². The van der Waals surface area contributed by atoms with E-state index in [9.17, 15) is 0 Å². The van der Waals surface area contributed by atoms with E-state index in [2.05, 4.69) is 17.0 Å². The summed E-state index contributed by atoms with van der Waals surface area (Å²) in [6.07, 6.45) is 0.945. The van der Waals surface area contributed by atoms with Crippen molar-refractivity contribution < 1.29 is 22.1 Å². The van der Waals surface area contributed by atoms with Gasteiger partial charge in [0.05, 0.1) is 0 Å². The van der Waals surface area contributed by atoms with Crippen LogP contribution in [0.25, 0.3) is 0 Å². The summed E-state index contributed by atoms with van der Waals surface area (Å²) in [5, 5.41) is 8.91. The van der Waals surface area contributed by atoms with Crippen LogP contribution in [0.2, 0.25) is 0 Å². The van der Waals surface area contributed by atoms with E-state index in [-0.39, 0.29) is 0 Å². The van der Waals surface area contributed by atoms with Crippen molar-refractivity contribution in [3.05, 3.63) is 29.8 Å². The Bertz CT molecular complexity index is 215. The first-order valence-corrected chi connectivity index (χ1v) is 3.87. The maximum absolute atomic E-state index is 8.91. The standard InChI is InChI=1S/C8H8O.V/c1-2-7-3-5-8(9)6-4-7;/h1,3-6,9H,2H2;. The van der Waals surface area contributed by atoms with Gasteiger partial charge in [0.25, 0.3) is 0 Å². The number of hydrogen-bond acceptors (Lipinski definition) is 1. The number of phenols is 1. The maximum atomic E-state index is 8.91. The molecule has 0 atom stereocenters. The van der Waals surface area contributed by atoms with Gasteiger partial charge in [-0.15, -0.1) is 0 Å². The molecule has 1 rings (SSSR count). The van der Waals surface area contributed by atoms with Crippen LogP contribution < -0.4 is 0 Å². The van der Waals surface area contributed by atoms with E-state index in [1.165, 1.54) is 5.56 Å². The molecule has 0 aliphatic carbocycles. The van der Waals surface area contributed by atoms with Crippen molar-refractivity contribution in [3.8, 4) is 5.75 Å². The Kier molecular flexibility index (Phi) is 2.73. The van der Waals surface area contributed by atoms with Gasteiger partial charge in [-0.3, -0.25) is 0 Å². The first kappa shape index (κ1) is 7.58. The molecule has 2 heteroatoms. The molecule has 1 aromatic carbocycles. The zero-order chi connectivity index (χ0) is 7.40. The third-order valence-electron chi connectivity index (χ3n) is 1.26. The van der Waals surface area contributed by atoms with E-state index in [0.29, 0.717) is 5.75 Å². The van der Waals surface area contributed by atoms with Crippen molar-refractivity contribution in [1.82, 2.24) is 0 Å². The number of hydrogen-bond donors (Lipinski definition) is 1. The van der Waals surface area contributed by atoms with E-state index in [1.807, 2.05) is 16.9 Å². The Morgan fingerprint density at radius 3 is 2.40 bits per heavy atom. The predicted molar refractivity (Wildman–Crippen MR) is 37.9 cm³/mol. The fourth-order valence-corrected chi connectivity index (χ4v) is 1.07. The van der Waals surface area contributed by atoms with Gasteiger partial charge >= 0.3 is 68.8 Å². The molecule has 0 bridgehead atoms. The van der Waals surface area contributed by atoms with Crippen LogP contribution in [0.5, 0.6) is 5.75 Å². The molecule has 0 saturated carbocycles. The second-order valence-corrected chi connectivity index (χ2v) is 2.62. The third kappa shape index (κ3) is 2.01. The fraction of sp³-hybridized carbons (Fsp3) is 0.125. The molecule has 0 radical (unpaired) electrons. The second kappa shape index (κ2) is 3.60. The molecule has 10 heavy (non-hydrogen) atoms. The summed E-state index contributed by atoms with van der Waals surface area (Å²) >= 11 is 2.42. The average Bonchev–Trinajstić information content (AvgIpc) is 1.95. The summed E-state index contributed by atoms with van der Waals surface area (Å²) in [6.45, 7) is 0. The summed E-state index contributed by atoms with van der Waals surface area (Å²) in [7, 11) is 0. The van der Waals surface area contributed by atoms with Crippen LogP contribution in [0.1, 0.15) is 5.56 Å². The molecule has 51 valence electrons. The Balaban J connectivity index is 2.78. The Hall–Kier alpha value is -0.526. The number of benzene rings is 1. The van der Waals surface area contributed by atoms with Crippen molar-refractivity contribution in [2.24, 2.45) is 0 Å². The normalized spacial score (nSPS) is 9.10. The third-order valence-corrected chi connectivity index (χ3v) is 1.55. The van der Waals surface area contributed by atoms with Gasteiger partial charge in [0.1, 0.15) is 0 Å². The van der Waals surface area contributed by atoms with Crippen molar-refractivity contribution in [2.75, 3.05) is 0 Å². The molecular weight excluding hydrogens is 163 g/mol. The van der Waals surface area contributed by atoms with Crippen LogP contribution in [-0.4, -0.2) is 9.84 Å². The average molecular weight is 171 g/mol. The predicted octanol–water partition coefficient (Wildman–Crippen LogP) is 1.28. The van der Waals surface area contributed by atoms with E-state index >= 15 is 0 Å². The zero-order valence-electron chi connectivity index (χ0n) is 5.49. The van der Waals surface area contributed by atoms with Crippen molar-refractivity contribution in [1.29, 1.82) is 0 Å². The van der Waals surface area contributed by atoms with Crippen LogP contribution in [0.15, 0.2) is 24.3 Å². The molecule has 0 unspecified atom stereocenters. The van der Waals surface area contributed by atoms with Gasteiger partial charge in [0.15, 0.2) is 0 Å². The summed E-state index contributed by atoms with van der Waals surface area (Å²) in [4.78, 5) is 0. The van der Waals surface area contributed by atoms with Crippen molar-refractivity contribution in [3.63, 3.8) is 0 Å². The molecule has 0 aliphatic heterocycles. The first-order chi connectivity index (χ1) is 4.83. The van der Waals surface area contributed by atoms with Gasteiger partial charge in [-0.2, -0.15) is 0 Å². The fourth-order valence-electron chi connectivity index (χ4n) is 0.737. The molecular formula is C8H8OV. The first-order valence-electron chi connectivity index (χ1n) is 3.06. The van der Waals surface area contributed by atoms with Gasteiger partial charge in [-0.1, -0.05) is 0 Å². The molecule has 1 N–H and O–H groups in total. The quantitative estimate of drug-likeness (QED) is 0.710. The molecule has 0 spiro atoms. The molecule has 0 saturated heterocycles. The van der Waals surface area contributed by atoms with Gasteiger partial charge in [0.2, 0.25) is 0 Å². The summed E-state index contributed by atoms with van der Waals surface area (Å²) in [5.41, 5.74) is 1.22. The van der Waals surface area contributed by atoms with E-state index in [4.69, 9.17) is 5.11 Å². The number of phenolic OH excluding ortho intramolecular Hbond substituents is 1. The van der Waals surface area contributed by atoms with E-state index in [0.717, 1.165) is 6.42 Å². The van der Waals surface area contributed by atoms with Crippen LogP contribution in [0.3, 0.4) is 0 Å². The summed E-state index contributed by atoms with van der Waals surface area (Å²) in [5.74, 6) is 0.328. The van der Waals surface area contributed by atoms with Gasteiger partial charge < -0.3 is 0 Å². The SMILES string of the molecule is Oc1ccc(C[CH]=[V])cc1. The van der Waals surface area contributed by atoms with Gasteiger partial charge in [0, 0.05) is 0 Å². The van der Waals surface area contributed by atoms with Crippen LogP contribution in [0, 0.1) is 0 Å². The Morgan fingerprint density at radius 2 is 1.90 bits per heavy atom. The summed E-state index contributed by atoms with van der Waals surface area (Å²) < 4.78 is 2.03. The number of aromatic hydroxyl groups is 1. The molecule has 1 aromatic rings. The van der Waals surface area contributed by atoms with Gasteiger partial charge in [-0.25, -0.2) is 0 Å². The van der Waals surface area contributed by atoms with Gasteiger partial charge in [-0.05, 0) is 0 Å². The summed E-state index contributed by atoms with van der Waals surface area (Å²) in [6, 6.07) is 7.23. The minimum atomic E-state index is 0.328. The van der Waals surface area contributed by atoms with Crippen LogP contribution in [-0.2, 0) is 23.4 Å². The topological polar surface area (TPSA) is 20.2 Å². The van der Waals surface area contributed by atoms with Crippen molar-refractivity contribution in [2.45, 2.75) is 6.42 Å². The van der Waals surface area contributed by atoms with Crippen LogP contribution >= 0.6 is 0 Å². The Labute approximate surface area is 69.2 Å². The minimum absolute atomic E-state index is 0.328. The molecule has 1 nitrogen and oxygen atoms in total. The molecule has 0 fully saturated rings. The Morgan fingerprint density at radius 1 is 1.30 bits per heavy atom. The number of rotatable bonds is 2. The van der Waals surface area contributed by atoms with Crippen molar-refractivity contribution >= 4 is 4.73 Å². The molecule has 0 aromatic heterocycles. The molecule has 0 amide bonds. The zero-order valence-corrected chi connectivity index (χ0v) is 6.88. The second-order valence-electron chi connectivity index (χ2n) is 2.05. The molecule has 0 heterocycles. The monoisotopic (exact) mass is 171 g/mol.